The van der Waals surface area contributed by atoms with Crippen LogP contribution >= 0.6 is 0 Å². The summed E-state index contributed by atoms with van der Waals surface area (Å²) in [5.74, 6) is -2.10. The van der Waals surface area contributed by atoms with Crippen LogP contribution in [0.5, 0.6) is 5.75 Å². The number of carbonyl (C=O) groups is 2. The second-order valence-corrected chi connectivity index (χ2v) is 4.68. The largest absolute Gasteiger partial charge is 0.496 e. The van der Waals surface area contributed by atoms with E-state index >= 15 is 0 Å². The predicted molar refractivity (Wildman–Crippen MR) is 82.1 cm³/mol. The Morgan fingerprint density at radius 3 is 2.00 bits per heavy atom. The highest BCUT2D eigenvalue weighted by atomic mass is 19.4. The number of nitrogens with one attached hydrogen (secondary N) is 2. The Kier molecular flexibility index (Phi) is 5.08. The van der Waals surface area contributed by atoms with E-state index in [4.69, 9.17) is 4.74 Å². The molecule has 126 valence electrons. The monoisotopic (exact) mass is 338 g/mol. The van der Waals surface area contributed by atoms with Gasteiger partial charge in [-0.1, -0.05) is 12.1 Å². The molecule has 0 aliphatic carbocycles. The first-order chi connectivity index (χ1) is 11.3. The molecule has 0 bridgehead atoms. The van der Waals surface area contributed by atoms with E-state index in [1.54, 1.807) is 29.6 Å². The van der Waals surface area contributed by atoms with Crippen molar-refractivity contribution in [1.82, 2.24) is 0 Å². The van der Waals surface area contributed by atoms with Gasteiger partial charge >= 0.3 is 12.1 Å². The number of halogens is 3. The van der Waals surface area contributed by atoms with Gasteiger partial charge in [0.1, 0.15) is 5.75 Å². The molecule has 0 aromatic heterocycles. The molecule has 2 aromatic rings. The van der Waals surface area contributed by atoms with Crippen LogP contribution in [0.25, 0.3) is 0 Å². The molecule has 0 saturated heterocycles. The number of hydrogen-bond donors (Lipinski definition) is 2. The quantitative estimate of drug-likeness (QED) is 0.897. The lowest BCUT2D eigenvalue weighted by Gasteiger charge is -2.10. The predicted octanol–water partition coefficient (Wildman–Crippen LogP) is 3.45. The topological polar surface area (TPSA) is 67.4 Å². The molecule has 2 rings (SSSR count). The summed E-state index contributed by atoms with van der Waals surface area (Å²) in [6, 6.07) is 11.8. The van der Waals surface area contributed by atoms with Crippen LogP contribution < -0.4 is 15.4 Å². The van der Waals surface area contributed by atoms with Gasteiger partial charge < -0.3 is 15.4 Å². The second kappa shape index (κ2) is 7.03. The molecule has 2 N–H and O–H groups in total. The van der Waals surface area contributed by atoms with E-state index in [0.717, 1.165) is 0 Å². The fourth-order valence-electron chi connectivity index (χ4n) is 1.87. The summed E-state index contributed by atoms with van der Waals surface area (Å²) in [6.07, 6.45) is -4.96. The lowest BCUT2D eigenvalue weighted by atomic mass is 10.2. The summed E-state index contributed by atoms with van der Waals surface area (Å²) >= 11 is 0. The van der Waals surface area contributed by atoms with Crippen molar-refractivity contribution in [2.24, 2.45) is 0 Å². The van der Waals surface area contributed by atoms with E-state index in [1.807, 2.05) is 0 Å². The van der Waals surface area contributed by atoms with Crippen LogP contribution in [-0.2, 0) is 4.79 Å². The van der Waals surface area contributed by atoms with Crippen LogP contribution in [0.4, 0.5) is 24.5 Å². The average Bonchev–Trinajstić information content (AvgIpc) is 2.55. The van der Waals surface area contributed by atoms with Crippen molar-refractivity contribution < 1.29 is 27.5 Å². The normalized spacial score (nSPS) is 10.8. The summed E-state index contributed by atoms with van der Waals surface area (Å²) in [4.78, 5) is 23.0. The number of hydrogen-bond acceptors (Lipinski definition) is 3. The molecule has 5 nitrogen and oxygen atoms in total. The van der Waals surface area contributed by atoms with E-state index in [0.29, 0.717) is 17.0 Å². The van der Waals surface area contributed by atoms with Crippen LogP contribution in [0.15, 0.2) is 48.5 Å². The van der Waals surface area contributed by atoms with Crippen molar-refractivity contribution in [3.8, 4) is 5.75 Å². The molecule has 0 radical (unpaired) electrons. The highest BCUT2D eigenvalue weighted by Gasteiger charge is 2.38. The number of alkyl halides is 3. The number of carbonyl (C=O) groups excluding carboxylic acids is 2. The number of methoxy groups -OCH3 is 1. The van der Waals surface area contributed by atoms with Gasteiger partial charge in [-0.3, -0.25) is 9.59 Å². The van der Waals surface area contributed by atoms with Gasteiger partial charge in [-0.25, -0.2) is 0 Å². The van der Waals surface area contributed by atoms with Crippen LogP contribution in [0.3, 0.4) is 0 Å². The van der Waals surface area contributed by atoms with Gasteiger partial charge in [0, 0.05) is 11.4 Å². The van der Waals surface area contributed by atoms with Gasteiger partial charge in [0.05, 0.1) is 12.7 Å². The first kappa shape index (κ1) is 17.3. The van der Waals surface area contributed by atoms with Gasteiger partial charge in [-0.2, -0.15) is 13.2 Å². The van der Waals surface area contributed by atoms with Crippen molar-refractivity contribution >= 4 is 23.2 Å². The van der Waals surface area contributed by atoms with Crippen LogP contribution in [0, 0.1) is 0 Å². The van der Waals surface area contributed by atoms with Crippen molar-refractivity contribution in [2.45, 2.75) is 6.18 Å². The Bertz CT molecular complexity index is 743. The summed E-state index contributed by atoms with van der Waals surface area (Å²) in [6.45, 7) is 0. The van der Waals surface area contributed by atoms with E-state index in [-0.39, 0.29) is 5.69 Å². The molecule has 24 heavy (non-hydrogen) atoms. The molecule has 0 aliphatic rings. The SMILES string of the molecule is COc1ccccc1C(=O)Nc1ccc(NC(=O)C(F)(F)F)cc1. The molecule has 0 aliphatic heterocycles. The third-order valence-electron chi connectivity index (χ3n) is 3.01. The second-order valence-electron chi connectivity index (χ2n) is 4.68. The van der Waals surface area contributed by atoms with Crippen LogP contribution in [-0.4, -0.2) is 25.1 Å². The Morgan fingerprint density at radius 2 is 1.46 bits per heavy atom. The maximum Gasteiger partial charge on any atom is 0.471 e. The molecule has 0 saturated carbocycles. The fraction of sp³-hybridized carbons (Fsp3) is 0.125. The number of ether oxygens (including phenoxy) is 1. The number of rotatable bonds is 4. The number of anilines is 2. The first-order valence-electron chi connectivity index (χ1n) is 6.74. The molecule has 0 heterocycles. The molecule has 0 atom stereocenters. The van der Waals surface area contributed by atoms with Gasteiger partial charge in [0.15, 0.2) is 0 Å². The van der Waals surface area contributed by atoms with E-state index in [9.17, 15) is 22.8 Å². The maximum atomic E-state index is 12.2. The van der Waals surface area contributed by atoms with E-state index < -0.39 is 18.0 Å². The molecular weight excluding hydrogens is 325 g/mol. The van der Waals surface area contributed by atoms with Crippen molar-refractivity contribution in [1.29, 1.82) is 0 Å². The fourth-order valence-corrected chi connectivity index (χ4v) is 1.87. The Hall–Kier alpha value is -3.03. The summed E-state index contributed by atoms with van der Waals surface area (Å²) in [7, 11) is 1.43. The Morgan fingerprint density at radius 1 is 0.917 bits per heavy atom. The molecule has 0 fully saturated rings. The Balaban J connectivity index is 2.06. The van der Waals surface area contributed by atoms with Crippen molar-refractivity contribution in [3.05, 3.63) is 54.1 Å². The molecule has 0 unspecified atom stereocenters. The highest BCUT2D eigenvalue weighted by molar-refractivity contribution is 6.06. The van der Waals surface area contributed by atoms with Gasteiger partial charge in [-0.05, 0) is 36.4 Å². The van der Waals surface area contributed by atoms with Crippen molar-refractivity contribution in [3.63, 3.8) is 0 Å². The summed E-state index contributed by atoms with van der Waals surface area (Å²) in [5.41, 5.74) is 0.637. The lowest BCUT2D eigenvalue weighted by molar-refractivity contribution is -0.167. The minimum absolute atomic E-state index is 0.0346. The number of benzene rings is 2. The van der Waals surface area contributed by atoms with Gasteiger partial charge in [0.2, 0.25) is 0 Å². The van der Waals surface area contributed by atoms with Crippen molar-refractivity contribution in [2.75, 3.05) is 17.7 Å². The highest BCUT2D eigenvalue weighted by Crippen LogP contribution is 2.21. The zero-order valence-electron chi connectivity index (χ0n) is 12.5. The van der Waals surface area contributed by atoms with E-state index in [1.165, 1.54) is 31.4 Å². The number of amides is 2. The maximum absolute atomic E-state index is 12.2. The Labute approximate surface area is 135 Å². The summed E-state index contributed by atoms with van der Waals surface area (Å²) < 4.78 is 41.6. The minimum atomic E-state index is -4.96. The van der Waals surface area contributed by atoms with Gasteiger partial charge in [-0.15, -0.1) is 0 Å². The van der Waals surface area contributed by atoms with Crippen LogP contribution in [0.1, 0.15) is 10.4 Å². The third-order valence-corrected chi connectivity index (χ3v) is 3.01. The van der Waals surface area contributed by atoms with Crippen LogP contribution in [0.2, 0.25) is 0 Å². The molecular formula is C16H13F3N2O3. The molecule has 2 amide bonds. The minimum Gasteiger partial charge on any atom is -0.496 e. The third kappa shape index (κ3) is 4.25. The summed E-state index contributed by atoms with van der Waals surface area (Å²) in [5, 5.41) is 4.31. The molecule has 2 aromatic carbocycles. The number of para-hydroxylation sites is 1. The molecule has 0 spiro atoms. The van der Waals surface area contributed by atoms with E-state index in [2.05, 4.69) is 5.32 Å². The van der Waals surface area contributed by atoms with Gasteiger partial charge in [0.25, 0.3) is 5.91 Å². The smallest absolute Gasteiger partial charge is 0.471 e. The first-order valence-corrected chi connectivity index (χ1v) is 6.74. The average molecular weight is 338 g/mol. The molecule has 8 heteroatoms. The zero-order chi connectivity index (χ0) is 17.7. The lowest BCUT2D eigenvalue weighted by Crippen LogP contribution is -2.29. The standard InChI is InChI=1S/C16H13F3N2O3/c1-24-13-5-3-2-4-12(13)14(22)20-10-6-8-11(9-7-10)21-15(23)16(17,18)19/h2-9H,1H3,(H,20,22)(H,21,23). The zero-order valence-corrected chi connectivity index (χ0v) is 12.5.